The van der Waals surface area contributed by atoms with Gasteiger partial charge in [0.2, 0.25) is 5.91 Å². The van der Waals surface area contributed by atoms with Gasteiger partial charge in [-0.05, 0) is 32.3 Å². The lowest BCUT2D eigenvalue weighted by Crippen LogP contribution is -2.45. The number of rotatable bonds is 4. The maximum atomic E-state index is 12.3. The van der Waals surface area contributed by atoms with E-state index < -0.39 is 5.97 Å². The van der Waals surface area contributed by atoms with Gasteiger partial charge in [0.25, 0.3) is 0 Å². The Labute approximate surface area is 134 Å². The molecule has 0 aromatic carbocycles. The molecule has 120 valence electrons. The zero-order valence-electron chi connectivity index (χ0n) is 13.1. The van der Waals surface area contributed by atoms with E-state index in [0.717, 1.165) is 11.4 Å². The van der Waals surface area contributed by atoms with Gasteiger partial charge in [-0.3, -0.25) is 9.59 Å². The average molecular weight is 323 g/mol. The van der Waals surface area contributed by atoms with Crippen molar-refractivity contribution in [1.82, 2.24) is 14.9 Å². The average Bonchev–Trinajstić information content (AvgIpc) is 2.43. The van der Waals surface area contributed by atoms with Crippen LogP contribution in [0.5, 0.6) is 0 Å². The molecule has 2 heterocycles. The molecule has 0 saturated carbocycles. The van der Waals surface area contributed by atoms with E-state index in [1.807, 2.05) is 26.8 Å². The first-order valence-corrected chi connectivity index (χ1v) is 8.31. The molecule has 1 fully saturated rings. The molecule has 1 N–H and O–H groups in total. The maximum Gasteiger partial charge on any atom is 0.306 e. The number of hydrogen-bond acceptors (Lipinski definition) is 5. The molecule has 0 aliphatic carbocycles. The third-order valence-corrected chi connectivity index (χ3v) is 4.69. The Balaban J connectivity index is 1.89. The molecule has 1 aliphatic rings. The third-order valence-electron chi connectivity index (χ3n) is 3.86. The quantitative estimate of drug-likeness (QED) is 0.671. The van der Waals surface area contributed by atoms with Gasteiger partial charge in [-0.15, -0.1) is 0 Å². The molecule has 1 aromatic rings. The second kappa shape index (κ2) is 7.09. The van der Waals surface area contributed by atoms with E-state index >= 15 is 0 Å². The van der Waals surface area contributed by atoms with Gasteiger partial charge in [0, 0.05) is 24.5 Å². The lowest BCUT2D eigenvalue weighted by molar-refractivity contribution is -0.147. The van der Waals surface area contributed by atoms with Crippen LogP contribution in [0.25, 0.3) is 0 Å². The first-order chi connectivity index (χ1) is 10.4. The summed E-state index contributed by atoms with van der Waals surface area (Å²) in [5.74, 6) is -0.828. The number of amides is 1. The van der Waals surface area contributed by atoms with Gasteiger partial charge < -0.3 is 10.0 Å². The molecule has 22 heavy (non-hydrogen) atoms. The minimum atomic E-state index is -0.766. The molecule has 0 bridgehead atoms. The molecular formula is C15H21N3O3S. The van der Waals surface area contributed by atoms with Crippen molar-refractivity contribution in [3.05, 3.63) is 17.5 Å². The van der Waals surface area contributed by atoms with Crippen molar-refractivity contribution in [1.29, 1.82) is 0 Å². The molecule has 1 saturated heterocycles. The van der Waals surface area contributed by atoms with Crippen molar-refractivity contribution in [2.45, 2.75) is 32.3 Å². The van der Waals surface area contributed by atoms with Crippen LogP contribution in [0, 0.1) is 25.7 Å². The summed E-state index contributed by atoms with van der Waals surface area (Å²) in [4.78, 5) is 33.7. The monoisotopic (exact) mass is 323 g/mol. The number of carbonyl (C=O) groups is 2. The third kappa shape index (κ3) is 4.19. The van der Waals surface area contributed by atoms with Crippen molar-refractivity contribution in [2.75, 3.05) is 18.8 Å². The van der Waals surface area contributed by atoms with Crippen LogP contribution in [-0.4, -0.2) is 50.7 Å². The van der Waals surface area contributed by atoms with Crippen LogP contribution < -0.4 is 0 Å². The normalized spacial score (nSPS) is 21.7. The van der Waals surface area contributed by atoms with Gasteiger partial charge in [-0.25, -0.2) is 9.97 Å². The van der Waals surface area contributed by atoms with E-state index in [4.69, 9.17) is 5.11 Å². The zero-order valence-corrected chi connectivity index (χ0v) is 13.9. The van der Waals surface area contributed by atoms with E-state index in [9.17, 15) is 9.59 Å². The van der Waals surface area contributed by atoms with E-state index in [2.05, 4.69) is 9.97 Å². The number of nitrogens with zero attached hydrogens (tertiary/aromatic N) is 3. The second-order valence-corrected chi connectivity index (χ2v) is 6.71. The summed E-state index contributed by atoms with van der Waals surface area (Å²) < 4.78 is 0. The smallest absolute Gasteiger partial charge is 0.306 e. The maximum absolute atomic E-state index is 12.3. The second-order valence-electron chi connectivity index (χ2n) is 5.77. The SMILES string of the molecule is Cc1cc(C)nc(SCC(=O)N2CCC(C(=O)O)C(C)C2)n1. The van der Waals surface area contributed by atoms with Gasteiger partial charge >= 0.3 is 5.97 Å². The fourth-order valence-corrected chi connectivity index (χ4v) is 3.57. The van der Waals surface area contributed by atoms with Crippen molar-refractivity contribution in [3.8, 4) is 0 Å². The molecule has 2 unspecified atom stereocenters. The molecular weight excluding hydrogens is 302 g/mol. The van der Waals surface area contributed by atoms with Gasteiger partial charge in [-0.2, -0.15) is 0 Å². The minimum Gasteiger partial charge on any atom is -0.481 e. The Bertz CT molecular complexity index is 559. The van der Waals surface area contributed by atoms with Gasteiger partial charge in [0.15, 0.2) is 5.16 Å². The van der Waals surface area contributed by atoms with E-state index in [1.165, 1.54) is 11.8 Å². The number of carboxylic acids is 1. The van der Waals surface area contributed by atoms with E-state index in [-0.39, 0.29) is 23.5 Å². The summed E-state index contributed by atoms with van der Waals surface area (Å²) in [6, 6.07) is 1.89. The van der Waals surface area contributed by atoms with Crippen LogP contribution in [0.4, 0.5) is 0 Å². The number of thioether (sulfide) groups is 1. The molecule has 7 heteroatoms. The van der Waals surface area contributed by atoms with Crippen LogP contribution in [0.3, 0.4) is 0 Å². The van der Waals surface area contributed by atoms with E-state index in [1.54, 1.807) is 4.90 Å². The van der Waals surface area contributed by atoms with Crippen LogP contribution in [0.2, 0.25) is 0 Å². The Morgan fingerprint density at radius 3 is 2.55 bits per heavy atom. The lowest BCUT2D eigenvalue weighted by atomic mass is 9.87. The topological polar surface area (TPSA) is 83.4 Å². The predicted molar refractivity (Wildman–Crippen MR) is 83.7 cm³/mol. The van der Waals surface area contributed by atoms with Gasteiger partial charge in [0.1, 0.15) is 0 Å². The molecule has 1 aromatic heterocycles. The molecule has 0 radical (unpaired) electrons. The van der Waals surface area contributed by atoms with Crippen LogP contribution in [0.15, 0.2) is 11.2 Å². The standard InChI is InChI=1S/C15H21N3O3S/c1-9-7-18(5-4-12(9)14(20)21)13(19)8-22-15-16-10(2)6-11(3)17-15/h6,9,12H,4-5,7-8H2,1-3H3,(H,20,21). The number of carbonyl (C=O) groups excluding carboxylic acids is 1. The number of piperidine rings is 1. The summed E-state index contributed by atoms with van der Waals surface area (Å²) in [6.45, 7) is 6.70. The number of aryl methyl sites for hydroxylation is 2. The highest BCUT2D eigenvalue weighted by atomic mass is 32.2. The van der Waals surface area contributed by atoms with Crippen molar-refractivity contribution in [3.63, 3.8) is 0 Å². The lowest BCUT2D eigenvalue weighted by Gasteiger charge is -2.34. The molecule has 0 spiro atoms. The van der Waals surface area contributed by atoms with Crippen LogP contribution in [0.1, 0.15) is 24.7 Å². The highest BCUT2D eigenvalue weighted by molar-refractivity contribution is 7.99. The van der Waals surface area contributed by atoms with Crippen LogP contribution >= 0.6 is 11.8 Å². The highest BCUT2D eigenvalue weighted by Gasteiger charge is 2.32. The first kappa shape index (κ1) is 16.7. The Hall–Kier alpha value is -1.63. The largest absolute Gasteiger partial charge is 0.481 e. The number of likely N-dealkylation sites (tertiary alicyclic amines) is 1. The number of carboxylic acid groups (broad SMARTS) is 1. The fraction of sp³-hybridized carbons (Fsp3) is 0.600. The van der Waals surface area contributed by atoms with Crippen LogP contribution in [-0.2, 0) is 9.59 Å². The van der Waals surface area contributed by atoms with E-state index in [0.29, 0.717) is 24.7 Å². The highest BCUT2D eigenvalue weighted by Crippen LogP contribution is 2.24. The summed E-state index contributed by atoms with van der Waals surface area (Å²) in [5, 5.41) is 9.72. The predicted octanol–water partition coefficient (Wildman–Crippen LogP) is 1.75. The van der Waals surface area contributed by atoms with Crippen molar-refractivity contribution in [2.24, 2.45) is 11.8 Å². The summed E-state index contributed by atoms with van der Waals surface area (Å²) in [5.41, 5.74) is 1.77. The molecule has 6 nitrogen and oxygen atoms in total. The Kier molecular flexibility index (Phi) is 5.39. The van der Waals surface area contributed by atoms with Crippen molar-refractivity contribution < 1.29 is 14.7 Å². The Morgan fingerprint density at radius 1 is 1.36 bits per heavy atom. The summed E-state index contributed by atoms with van der Waals surface area (Å²) >= 11 is 1.33. The molecule has 1 amide bonds. The first-order valence-electron chi connectivity index (χ1n) is 7.32. The Morgan fingerprint density at radius 2 is 2.00 bits per heavy atom. The van der Waals surface area contributed by atoms with Crippen molar-refractivity contribution >= 4 is 23.6 Å². The fourth-order valence-electron chi connectivity index (χ4n) is 2.71. The zero-order chi connectivity index (χ0) is 16.3. The number of aromatic nitrogens is 2. The number of aliphatic carboxylic acids is 1. The number of hydrogen-bond donors (Lipinski definition) is 1. The van der Waals surface area contributed by atoms with Gasteiger partial charge in [-0.1, -0.05) is 18.7 Å². The van der Waals surface area contributed by atoms with Gasteiger partial charge in [0.05, 0.1) is 11.7 Å². The summed E-state index contributed by atoms with van der Waals surface area (Å²) in [6.07, 6.45) is 0.521. The molecule has 1 aliphatic heterocycles. The minimum absolute atomic E-state index is 0.0161. The summed E-state index contributed by atoms with van der Waals surface area (Å²) in [7, 11) is 0. The molecule has 2 rings (SSSR count). The molecule has 2 atom stereocenters.